The van der Waals surface area contributed by atoms with E-state index in [-0.39, 0.29) is 11.4 Å². The summed E-state index contributed by atoms with van der Waals surface area (Å²) in [6.07, 6.45) is 8.12. The SMILES string of the molecule is CCC(C)(C)NC(=O)CNC1CCC(SC)CC1. The summed E-state index contributed by atoms with van der Waals surface area (Å²) in [6, 6.07) is 0.531. The third-order valence-corrected chi connectivity index (χ3v) is 5.06. The maximum atomic E-state index is 11.8. The van der Waals surface area contributed by atoms with Crippen molar-refractivity contribution in [3.63, 3.8) is 0 Å². The van der Waals surface area contributed by atoms with Crippen LogP contribution in [0.2, 0.25) is 0 Å². The quantitative estimate of drug-likeness (QED) is 0.781. The number of rotatable bonds is 6. The maximum Gasteiger partial charge on any atom is 0.234 e. The van der Waals surface area contributed by atoms with E-state index in [1.165, 1.54) is 25.7 Å². The van der Waals surface area contributed by atoms with Gasteiger partial charge in [-0.25, -0.2) is 0 Å². The highest BCUT2D eigenvalue weighted by molar-refractivity contribution is 7.99. The van der Waals surface area contributed by atoms with Gasteiger partial charge < -0.3 is 10.6 Å². The zero-order valence-corrected chi connectivity index (χ0v) is 13.0. The van der Waals surface area contributed by atoms with Crippen molar-refractivity contribution in [3.05, 3.63) is 0 Å². The van der Waals surface area contributed by atoms with Crippen LogP contribution in [0.5, 0.6) is 0 Å². The van der Waals surface area contributed by atoms with E-state index >= 15 is 0 Å². The largest absolute Gasteiger partial charge is 0.350 e. The van der Waals surface area contributed by atoms with Gasteiger partial charge >= 0.3 is 0 Å². The fourth-order valence-electron chi connectivity index (χ4n) is 2.25. The Morgan fingerprint density at radius 2 is 1.89 bits per heavy atom. The summed E-state index contributed by atoms with van der Waals surface area (Å²) in [5, 5.41) is 7.28. The molecule has 1 rings (SSSR count). The molecule has 0 aromatic heterocycles. The van der Waals surface area contributed by atoms with Crippen LogP contribution >= 0.6 is 11.8 Å². The Morgan fingerprint density at radius 3 is 2.39 bits per heavy atom. The molecule has 0 unspecified atom stereocenters. The number of hydrogen-bond acceptors (Lipinski definition) is 3. The topological polar surface area (TPSA) is 41.1 Å². The summed E-state index contributed by atoms with van der Waals surface area (Å²) in [5.41, 5.74) is -0.0880. The molecular weight excluding hydrogens is 244 g/mol. The Bertz CT molecular complexity index is 261. The maximum absolute atomic E-state index is 11.8. The second kappa shape index (κ2) is 7.39. The van der Waals surface area contributed by atoms with Gasteiger partial charge in [-0.2, -0.15) is 11.8 Å². The van der Waals surface area contributed by atoms with Crippen molar-refractivity contribution in [3.8, 4) is 0 Å². The molecule has 0 bridgehead atoms. The van der Waals surface area contributed by atoms with E-state index in [0.717, 1.165) is 11.7 Å². The Balaban J connectivity index is 2.19. The first-order chi connectivity index (χ1) is 8.46. The molecule has 0 radical (unpaired) electrons. The number of nitrogens with one attached hydrogen (secondary N) is 2. The van der Waals surface area contributed by atoms with Crippen LogP contribution in [0.1, 0.15) is 52.9 Å². The minimum absolute atomic E-state index is 0.0880. The Labute approximate surface area is 116 Å². The molecule has 0 saturated heterocycles. The van der Waals surface area contributed by atoms with E-state index in [0.29, 0.717) is 12.6 Å². The zero-order valence-electron chi connectivity index (χ0n) is 12.2. The Hall–Kier alpha value is -0.220. The highest BCUT2D eigenvalue weighted by Crippen LogP contribution is 2.26. The van der Waals surface area contributed by atoms with Crippen molar-refractivity contribution in [2.45, 2.75) is 69.7 Å². The number of hydrogen-bond donors (Lipinski definition) is 2. The van der Waals surface area contributed by atoms with Crippen molar-refractivity contribution in [1.82, 2.24) is 10.6 Å². The van der Waals surface area contributed by atoms with Crippen molar-refractivity contribution < 1.29 is 4.79 Å². The molecule has 3 nitrogen and oxygen atoms in total. The van der Waals surface area contributed by atoms with Gasteiger partial charge in [-0.05, 0) is 52.2 Å². The highest BCUT2D eigenvalue weighted by atomic mass is 32.2. The van der Waals surface area contributed by atoms with E-state index in [2.05, 4.69) is 37.7 Å². The number of thioether (sulfide) groups is 1. The lowest BCUT2D eigenvalue weighted by molar-refractivity contribution is -0.122. The molecule has 1 aliphatic carbocycles. The molecule has 2 N–H and O–H groups in total. The monoisotopic (exact) mass is 272 g/mol. The molecular formula is C14H28N2OS. The first kappa shape index (κ1) is 15.8. The first-order valence-corrected chi connectivity index (χ1v) is 8.33. The van der Waals surface area contributed by atoms with Gasteiger partial charge in [-0.15, -0.1) is 0 Å². The molecule has 0 aromatic rings. The van der Waals surface area contributed by atoms with E-state index in [4.69, 9.17) is 0 Å². The second-order valence-electron chi connectivity index (χ2n) is 5.88. The molecule has 1 aliphatic rings. The van der Waals surface area contributed by atoms with Gasteiger partial charge in [0, 0.05) is 16.8 Å². The van der Waals surface area contributed by atoms with Crippen molar-refractivity contribution in [1.29, 1.82) is 0 Å². The molecule has 0 aliphatic heterocycles. The predicted molar refractivity (Wildman–Crippen MR) is 80.1 cm³/mol. The number of amides is 1. The van der Waals surface area contributed by atoms with E-state index in [1.807, 2.05) is 11.8 Å². The van der Waals surface area contributed by atoms with Crippen LogP contribution in [0.4, 0.5) is 0 Å². The van der Waals surface area contributed by atoms with E-state index < -0.39 is 0 Å². The molecule has 1 fully saturated rings. The normalized spacial score (nSPS) is 24.9. The molecule has 18 heavy (non-hydrogen) atoms. The van der Waals surface area contributed by atoms with Crippen LogP contribution in [0.25, 0.3) is 0 Å². The van der Waals surface area contributed by atoms with Crippen LogP contribution in [-0.2, 0) is 4.79 Å². The highest BCUT2D eigenvalue weighted by Gasteiger charge is 2.22. The van der Waals surface area contributed by atoms with Crippen LogP contribution in [0.15, 0.2) is 0 Å². The third kappa shape index (κ3) is 5.61. The molecule has 0 aromatic carbocycles. The lowest BCUT2D eigenvalue weighted by Crippen LogP contribution is -2.48. The minimum atomic E-state index is -0.0880. The predicted octanol–water partition coefficient (Wildman–Crippen LogP) is 2.55. The van der Waals surface area contributed by atoms with Crippen molar-refractivity contribution >= 4 is 17.7 Å². The molecule has 1 amide bonds. The summed E-state index contributed by atoms with van der Waals surface area (Å²) in [6.45, 7) is 6.68. The lowest BCUT2D eigenvalue weighted by Gasteiger charge is -2.29. The van der Waals surface area contributed by atoms with Crippen molar-refractivity contribution in [2.24, 2.45) is 0 Å². The fraction of sp³-hybridized carbons (Fsp3) is 0.929. The number of carbonyl (C=O) groups excluding carboxylic acids is 1. The fourth-order valence-corrected chi connectivity index (χ4v) is 2.99. The average Bonchev–Trinajstić information content (AvgIpc) is 2.36. The van der Waals surface area contributed by atoms with Gasteiger partial charge in [0.15, 0.2) is 0 Å². The van der Waals surface area contributed by atoms with Crippen LogP contribution in [0.3, 0.4) is 0 Å². The molecule has 1 saturated carbocycles. The second-order valence-corrected chi connectivity index (χ2v) is 7.01. The Kier molecular flexibility index (Phi) is 6.50. The molecule has 4 heteroatoms. The summed E-state index contributed by atoms with van der Waals surface area (Å²) < 4.78 is 0. The third-order valence-electron chi connectivity index (χ3n) is 3.92. The van der Waals surface area contributed by atoms with Crippen LogP contribution in [-0.4, -0.2) is 35.5 Å². The van der Waals surface area contributed by atoms with Crippen molar-refractivity contribution in [2.75, 3.05) is 12.8 Å². The van der Waals surface area contributed by atoms with Gasteiger partial charge in [-0.1, -0.05) is 6.92 Å². The van der Waals surface area contributed by atoms with E-state index in [9.17, 15) is 4.79 Å². The molecule has 0 spiro atoms. The standard InChI is InChI=1S/C14H28N2OS/c1-5-14(2,3)16-13(17)10-15-11-6-8-12(18-4)9-7-11/h11-12,15H,5-10H2,1-4H3,(H,16,17). The summed E-state index contributed by atoms with van der Waals surface area (Å²) in [5.74, 6) is 0.119. The van der Waals surface area contributed by atoms with Gasteiger partial charge in [0.2, 0.25) is 5.91 Å². The summed E-state index contributed by atoms with van der Waals surface area (Å²) in [7, 11) is 0. The first-order valence-electron chi connectivity index (χ1n) is 7.04. The van der Waals surface area contributed by atoms with Gasteiger partial charge in [-0.3, -0.25) is 4.79 Å². The number of carbonyl (C=O) groups is 1. The van der Waals surface area contributed by atoms with Crippen LogP contribution in [0, 0.1) is 0 Å². The summed E-state index contributed by atoms with van der Waals surface area (Å²) in [4.78, 5) is 11.8. The molecule has 106 valence electrons. The van der Waals surface area contributed by atoms with E-state index in [1.54, 1.807) is 0 Å². The van der Waals surface area contributed by atoms with Gasteiger partial charge in [0.05, 0.1) is 6.54 Å². The van der Waals surface area contributed by atoms with Crippen LogP contribution < -0.4 is 10.6 Å². The molecule has 0 atom stereocenters. The van der Waals surface area contributed by atoms with Gasteiger partial charge in [0.25, 0.3) is 0 Å². The smallest absolute Gasteiger partial charge is 0.234 e. The average molecular weight is 272 g/mol. The minimum Gasteiger partial charge on any atom is -0.350 e. The zero-order chi connectivity index (χ0) is 13.6. The summed E-state index contributed by atoms with van der Waals surface area (Å²) >= 11 is 1.98. The molecule has 0 heterocycles. The van der Waals surface area contributed by atoms with Gasteiger partial charge in [0.1, 0.15) is 0 Å². The lowest BCUT2D eigenvalue weighted by atomic mass is 9.95. The Morgan fingerprint density at radius 1 is 1.28 bits per heavy atom.